The van der Waals surface area contributed by atoms with Crippen molar-refractivity contribution in [1.82, 2.24) is 0 Å². The van der Waals surface area contributed by atoms with Crippen LogP contribution in [0.2, 0.25) is 0 Å². The molecule has 0 amide bonds. The largest absolute Gasteiger partial charge is 0.416 e. The van der Waals surface area contributed by atoms with E-state index in [1.54, 1.807) is 6.07 Å². The molecule has 5 heteroatoms. The van der Waals surface area contributed by atoms with E-state index in [4.69, 9.17) is 5.41 Å². The number of hydrogen-bond acceptors (Lipinski definition) is 2. The van der Waals surface area contributed by atoms with Crippen LogP contribution in [0.15, 0.2) is 54.6 Å². The summed E-state index contributed by atoms with van der Waals surface area (Å²) < 4.78 is 37.8. The van der Waals surface area contributed by atoms with Gasteiger partial charge in [0, 0.05) is 12.2 Å². The summed E-state index contributed by atoms with van der Waals surface area (Å²) in [5.74, 6) is 0.651. The molecule has 0 spiro atoms. The van der Waals surface area contributed by atoms with Crippen molar-refractivity contribution in [3.05, 3.63) is 71.3 Å². The number of benzene rings is 2. The van der Waals surface area contributed by atoms with Crippen LogP contribution in [0.25, 0.3) is 0 Å². The van der Waals surface area contributed by atoms with E-state index in [1.165, 1.54) is 17.8 Å². The summed E-state index contributed by atoms with van der Waals surface area (Å²) in [6.07, 6.45) is -4.11. The normalized spacial score (nSPS) is 11.4. The molecule has 110 valence electrons. The topological polar surface area (TPSA) is 23.9 Å². The fraction of sp³-hybridized carbons (Fsp3) is 0.188. The molecule has 0 radical (unpaired) electrons. The van der Waals surface area contributed by atoms with E-state index >= 15 is 0 Å². The Morgan fingerprint density at radius 2 is 1.62 bits per heavy atom. The molecule has 0 heterocycles. The molecule has 21 heavy (non-hydrogen) atoms. The van der Waals surface area contributed by atoms with Crippen molar-refractivity contribution in [2.45, 2.75) is 18.3 Å². The molecule has 0 aromatic heterocycles. The van der Waals surface area contributed by atoms with Gasteiger partial charge in [-0.05, 0) is 17.2 Å². The SMILES string of the molecule is N=C(Cc1cccc(C(F)(F)F)c1)SCc1ccccc1. The Morgan fingerprint density at radius 1 is 0.952 bits per heavy atom. The minimum absolute atomic E-state index is 0.224. The summed E-state index contributed by atoms with van der Waals surface area (Å²) in [7, 11) is 0. The predicted molar refractivity (Wildman–Crippen MR) is 80.6 cm³/mol. The van der Waals surface area contributed by atoms with Gasteiger partial charge in [-0.2, -0.15) is 13.2 Å². The summed E-state index contributed by atoms with van der Waals surface area (Å²) in [6, 6.07) is 14.8. The van der Waals surface area contributed by atoms with Gasteiger partial charge in [-0.15, -0.1) is 11.8 Å². The number of thioether (sulfide) groups is 1. The smallest absolute Gasteiger partial charge is 0.298 e. The minimum atomic E-state index is -4.34. The zero-order chi connectivity index (χ0) is 15.3. The van der Waals surface area contributed by atoms with Crippen LogP contribution in [0, 0.1) is 5.41 Å². The average Bonchev–Trinajstić information content (AvgIpc) is 2.46. The lowest BCUT2D eigenvalue weighted by Gasteiger charge is -2.09. The van der Waals surface area contributed by atoms with Crippen LogP contribution in [0.4, 0.5) is 13.2 Å². The average molecular weight is 309 g/mol. The van der Waals surface area contributed by atoms with Crippen LogP contribution in [0.5, 0.6) is 0 Å². The molecule has 2 aromatic rings. The van der Waals surface area contributed by atoms with E-state index < -0.39 is 11.7 Å². The number of halogens is 3. The van der Waals surface area contributed by atoms with Gasteiger partial charge < -0.3 is 0 Å². The second-order valence-corrected chi connectivity index (χ2v) is 5.64. The van der Waals surface area contributed by atoms with Gasteiger partial charge >= 0.3 is 6.18 Å². The molecule has 0 aliphatic carbocycles. The number of alkyl halides is 3. The van der Waals surface area contributed by atoms with E-state index in [2.05, 4.69) is 0 Å². The van der Waals surface area contributed by atoms with Crippen LogP contribution in [0.3, 0.4) is 0 Å². The van der Waals surface area contributed by atoms with E-state index in [0.717, 1.165) is 17.7 Å². The van der Waals surface area contributed by atoms with Gasteiger partial charge in [-0.25, -0.2) is 0 Å². The summed E-state index contributed by atoms with van der Waals surface area (Å²) in [6.45, 7) is 0. The van der Waals surface area contributed by atoms with Crippen LogP contribution in [-0.4, -0.2) is 5.04 Å². The standard InChI is InChI=1S/C16H14F3NS/c17-16(18,19)14-8-4-7-13(9-14)10-15(20)21-11-12-5-2-1-3-6-12/h1-9,20H,10-11H2. The molecule has 0 bridgehead atoms. The summed E-state index contributed by atoms with van der Waals surface area (Å²) in [4.78, 5) is 0. The first kappa shape index (κ1) is 15.6. The van der Waals surface area contributed by atoms with E-state index in [0.29, 0.717) is 16.4 Å². The first-order valence-corrected chi connectivity index (χ1v) is 7.34. The molecule has 2 aromatic carbocycles. The highest BCUT2D eigenvalue weighted by Gasteiger charge is 2.30. The maximum Gasteiger partial charge on any atom is 0.416 e. The Labute approximate surface area is 125 Å². The Hall–Kier alpha value is -1.75. The molecular formula is C16H14F3NS. The summed E-state index contributed by atoms with van der Waals surface area (Å²) in [5.41, 5.74) is 0.938. The third kappa shape index (κ3) is 4.93. The highest BCUT2D eigenvalue weighted by atomic mass is 32.2. The second-order valence-electron chi connectivity index (χ2n) is 4.57. The lowest BCUT2D eigenvalue weighted by atomic mass is 10.1. The zero-order valence-electron chi connectivity index (χ0n) is 11.2. The maximum atomic E-state index is 12.6. The second kappa shape index (κ2) is 6.80. The Kier molecular flexibility index (Phi) is 5.07. The van der Waals surface area contributed by atoms with E-state index in [9.17, 15) is 13.2 Å². The third-order valence-electron chi connectivity index (χ3n) is 2.87. The molecular weight excluding hydrogens is 295 g/mol. The van der Waals surface area contributed by atoms with Gasteiger partial charge in [0.15, 0.2) is 0 Å². The highest BCUT2D eigenvalue weighted by Crippen LogP contribution is 2.30. The molecule has 0 saturated carbocycles. The Bertz CT molecular complexity index is 608. The zero-order valence-corrected chi connectivity index (χ0v) is 12.0. The fourth-order valence-electron chi connectivity index (χ4n) is 1.84. The molecule has 2 rings (SSSR count). The fourth-order valence-corrected chi connectivity index (χ4v) is 2.64. The molecule has 0 aliphatic rings. The molecule has 0 atom stereocenters. The van der Waals surface area contributed by atoms with Gasteiger partial charge in [-0.1, -0.05) is 48.5 Å². The lowest BCUT2D eigenvalue weighted by molar-refractivity contribution is -0.137. The molecule has 0 unspecified atom stereocenters. The maximum absolute atomic E-state index is 12.6. The lowest BCUT2D eigenvalue weighted by Crippen LogP contribution is -2.06. The molecule has 1 nitrogen and oxygen atoms in total. The number of rotatable bonds is 4. The third-order valence-corrected chi connectivity index (χ3v) is 3.85. The first-order chi connectivity index (χ1) is 9.95. The van der Waals surface area contributed by atoms with Crippen molar-refractivity contribution in [3.63, 3.8) is 0 Å². The highest BCUT2D eigenvalue weighted by molar-refractivity contribution is 8.13. The van der Waals surface area contributed by atoms with Gasteiger partial charge in [-0.3, -0.25) is 5.41 Å². The minimum Gasteiger partial charge on any atom is -0.298 e. The Balaban J connectivity index is 1.94. The predicted octanol–water partition coefficient (Wildman–Crippen LogP) is 5.16. The van der Waals surface area contributed by atoms with Gasteiger partial charge in [0.1, 0.15) is 0 Å². The van der Waals surface area contributed by atoms with E-state index in [1.807, 2.05) is 30.3 Å². The Morgan fingerprint density at radius 3 is 2.29 bits per heavy atom. The van der Waals surface area contributed by atoms with Crippen molar-refractivity contribution < 1.29 is 13.2 Å². The molecule has 1 N–H and O–H groups in total. The van der Waals surface area contributed by atoms with E-state index in [-0.39, 0.29) is 6.42 Å². The summed E-state index contributed by atoms with van der Waals surface area (Å²) in [5, 5.41) is 8.24. The number of nitrogens with one attached hydrogen (secondary N) is 1. The monoisotopic (exact) mass is 309 g/mol. The van der Waals surface area contributed by atoms with Crippen molar-refractivity contribution in [2.75, 3.05) is 0 Å². The molecule has 0 fully saturated rings. The summed E-state index contributed by atoms with van der Waals surface area (Å²) >= 11 is 1.34. The molecule has 0 aliphatic heterocycles. The van der Waals surface area contributed by atoms with Gasteiger partial charge in [0.2, 0.25) is 0 Å². The van der Waals surface area contributed by atoms with Crippen LogP contribution >= 0.6 is 11.8 Å². The number of hydrogen-bond donors (Lipinski definition) is 1. The van der Waals surface area contributed by atoms with Crippen LogP contribution in [0.1, 0.15) is 16.7 Å². The van der Waals surface area contributed by atoms with Crippen molar-refractivity contribution in [2.24, 2.45) is 0 Å². The van der Waals surface area contributed by atoms with Crippen LogP contribution in [-0.2, 0) is 18.3 Å². The van der Waals surface area contributed by atoms with Crippen molar-refractivity contribution in [1.29, 1.82) is 5.41 Å². The first-order valence-electron chi connectivity index (χ1n) is 6.35. The quantitative estimate of drug-likeness (QED) is 0.612. The van der Waals surface area contributed by atoms with Gasteiger partial charge in [0.05, 0.1) is 10.6 Å². The van der Waals surface area contributed by atoms with Gasteiger partial charge in [0.25, 0.3) is 0 Å². The molecule has 0 saturated heterocycles. The van der Waals surface area contributed by atoms with Crippen molar-refractivity contribution in [3.8, 4) is 0 Å². The van der Waals surface area contributed by atoms with Crippen molar-refractivity contribution >= 4 is 16.8 Å². The van der Waals surface area contributed by atoms with Crippen LogP contribution < -0.4 is 0 Å².